The van der Waals surface area contributed by atoms with Crippen LogP contribution in [0.15, 0.2) is 47.5 Å². The summed E-state index contributed by atoms with van der Waals surface area (Å²) < 4.78 is 0. The van der Waals surface area contributed by atoms with Crippen LogP contribution in [0.1, 0.15) is 46.7 Å². The molecule has 0 saturated heterocycles. The predicted octanol–water partition coefficient (Wildman–Crippen LogP) is 2.94. The molecule has 1 amide bonds. The van der Waals surface area contributed by atoms with Crippen molar-refractivity contribution in [1.29, 1.82) is 0 Å². The Hall–Kier alpha value is -3.81. The quantitative estimate of drug-likeness (QED) is 0.616. The van der Waals surface area contributed by atoms with E-state index in [2.05, 4.69) is 20.3 Å². The minimum atomic E-state index is -0.648. The normalized spacial score (nSPS) is 14.8. The van der Waals surface area contributed by atoms with Gasteiger partial charge in [-0.25, -0.2) is 9.97 Å². The van der Waals surface area contributed by atoms with E-state index in [0.29, 0.717) is 41.2 Å². The molecule has 0 saturated carbocycles. The van der Waals surface area contributed by atoms with Crippen LogP contribution in [0, 0.1) is 5.41 Å². The molecule has 8 heteroatoms. The van der Waals surface area contributed by atoms with E-state index in [1.807, 2.05) is 13.8 Å². The zero-order valence-corrected chi connectivity index (χ0v) is 16.5. The number of nitrogens with one attached hydrogen (secondary N) is 2. The molecule has 0 radical (unpaired) electrons. The summed E-state index contributed by atoms with van der Waals surface area (Å²) in [5.74, 6) is -0.266. The van der Waals surface area contributed by atoms with E-state index >= 15 is 0 Å². The molecule has 0 spiro atoms. The molecule has 1 aliphatic rings. The molecule has 4 rings (SSSR count). The SMILES string of the molecule is CC1(C)CC(=O)c2cc(C(=O)Nc3cnc(-c4cccc(O)c4)nc3)c(=O)[nH]c2C1. The first-order valence-electron chi connectivity index (χ1n) is 9.44. The number of fused-ring (bicyclic) bond motifs is 1. The number of amides is 1. The number of anilines is 1. The van der Waals surface area contributed by atoms with Gasteiger partial charge in [-0.1, -0.05) is 26.0 Å². The zero-order chi connectivity index (χ0) is 21.5. The van der Waals surface area contributed by atoms with Crippen LogP contribution in [0.3, 0.4) is 0 Å². The Kier molecular flexibility index (Phi) is 4.69. The molecule has 1 aromatic carbocycles. The van der Waals surface area contributed by atoms with Gasteiger partial charge in [0.15, 0.2) is 11.6 Å². The number of Topliss-reactive ketones (excluding diaryl/α,β-unsaturated/α-hetero) is 1. The number of ketones is 1. The minimum absolute atomic E-state index is 0.0923. The van der Waals surface area contributed by atoms with Crippen LogP contribution in [-0.4, -0.2) is 31.7 Å². The number of hydrogen-bond donors (Lipinski definition) is 3. The monoisotopic (exact) mass is 404 g/mol. The van der Waals surface area contributed by atoms with Crippen molar-refractivity contribution in [2.45, 2.75) is 26.7 Å². The zero-order valence-electron chi connectivity index (χ0n) is 16.5. The Morgan fingerprint density at radius 3 is 2.57 bits per heavy atom. The number of aromatic amines is 1. The van der Waals surface area contributed by atoms with Gasteiger partial charge in [-0.3, -0.25) is 14.4 Å². The van der Waals surface area contributed by atoms with Gasteiger partial charge in [-0.2, -0.15) is 0 Å². The number of benzene rings is 1. The van der Waals surface area contributed by atoms with Crippen LogP contribution in [0.25, 0.3) is 11.4 Å². The summed E-state index contributed by atoms with van der Waals surface area (Å²) in [6.45, 7) is 3.93. The third-order valence-corrected chi connectivity index (χ3v) is 4.98. The standard InChI is InChI=1S/C22H20N4O4/c1-22(2)8-17-15(18(28)9-22)7-16(21(30)26-17)20(29)25-13-10-23-19(24-11-13)12-4-3-5-14(27)6-12/h3-7,10-11,27H,8-9H2,1-2H3,(H,25,29)(H,26,30). The topological polar surface area (TPSA) is 125 Å². The van der Waals surface area contributed by atoms with E-state index in [1.165, 1.54) is 24.5 Å². The smallest absolute Gasteiger partial charge is 0.261 e. The molecule has 1 aliphatic carbocycles. The van der Waals surface area contributed by atoms with Crippen LogP contribution < -0.4 is 10.9 Å². The van der Waals surface area contributed by atoms with Gasteiger partial charge in [-0.15, -0.1) is 0 Å². The summed E-state index contributed by atoms with van der Waals surface area (Å²) in [6, 6.07) is 7.86. The first kappa shape index (κ1) is 19.5. The molecule has 152 valence electrons. The average molecular weight is 404 g/mol. The Morgan fingerprint density at radius 2 is 1.87 bits per heavy atom. The maximum absolute atomic E-state index is 12.6. The highest BCUT2D eigenvalue weighted by molar-refractivity contribution is 6.06. The number of carbonyl (C=O) groups is 2. The van der Waals surface area contributed by atoms with E-state index in [0.717, 1.165) is 0 Å². The van der Waals surface area contributed by atoms with Gasteiger partial charge in [0.05, 0.1) is 18.1 Å². The fraction of sp³-hybridized carbons (Fsp3) is 0.227. The number of phenols is 1. The number of aromatic hydroxyl groups is 1. The molecule has 0 atom stereocenters. The summed E-state index contributed by atoms with van der Waals surface area (Å²) in [7, 11) is 0. The number of H-pyrrole nitrogens is 1. The van der Waals surface area contributed by atoms with Gasteiger partial charge in [0.2, 0.25) is 0 Å². The van der Waals surface area contributed by atoms with E-state index in [1.54, 1.807) is 18.2 Å². The Labute approximate surface area is 172 Å². The second-order valence-corrected chi connectivity index (χ2v) is 8.15. The molecule has 2 aromatic heterocycles. The molecule has 0 aliphatic heterocycles. The van der Waals surface area contributed by atoms with Crippen molar-refractivity contribution in [3.8, 4) is 17.1 Å². The molecule has 2 heterocycles. The molecule has 3 aromatic rings. The van der Waals surface area contributed by atoms with Crippen LogP contribution in [0.2, 0.25) is 0 Å². The summed E-state index contributed by atoms with van der Waals surface area (Å²) >= 11 is 0. The molecule has 0 bridgehead atoms. The number of hydrogen-bond acceptors (Lipinski definition) is 6. The summed E-state index contributed by atoms with van der Waals surface area (Å²) in [6.07, 6.45) is 3.74. The number of pyridine rings is 1. The van der Waals surface area contributed by atoms with E-state index in [9.17, 15) is 19.5 Å². The second kappa shape index (κ2) is 7.22. The highest BCUT2D eigenvalue weighted by atomic mass is 16.3. The average Bonchev–Trinajstić information content (AvgIpc) is 2.67. The summed E-state index contributed by atoms with van der Waals surface area (Å²) in [4.78, 5) is 48.6. The Bertz CT molecular complexity index is 1210. The fourth-order valence-electron chi connectivity index (χ4n) is 3.58. The first-order valence-corrected chi connectivity index (χ1v) is 9.44. The van der Waals surface area contributed by atoms with Crippen LogP contribution in [-0.2, 0) is 6.42 Å². The van der Waals surface area contributed by atoms with Gasteiger partial charge in [0.1, 0.15) is 11.3 Å². The van der Waals surface area contributed by atoms with Crippen molar-refractivity contribution < 1.29 is 14.7 Å². The van der Waals surface area contributed by atoms with Gasteiger partial charge in [-0.05, 0) is 30.0 Å². The summed E-state index contributed by atoms with van der Waals surface area (Å²) in [5, 5.41) is 12.1. The van der Waals surface area contributed by atoms with Gasteiger partial charge < -0.3 is 15.4 Å². The van der Waals surface area contributed by atoms with E-state index in [4.69, 9.17) is 0 Å². The van der Waals surface area contributed by atoms with Crippen LogP contribution >= 0.6 is 0 Å². The molecule has 0 unspecified atom stereocenters. The molecule has 0 fully saturated rings. The third-order valence-electron chi connectivity index (χ3n) is 4.98. The van der Waals surface area contributed by atoms with Gasteiger partial charge >= 0.3 is 0 Å². The largest absolute Gasteiger partial charge is 0.508 e. The highest BCUT2D eigenvalue weighted by Gasteiger charge is 2.32. The lowest BCUT2D eigenvalue weighted by Gasteiger charge is -2.29. The molecule has 30 heavy (non-hydrogen) atoms. The molecular weight excluding hydrogens is 384 g/mol. The molecule has 3 N–H and O–H groups in total. The number of carbonyl (C=O) groups excluding carboxylic acids is 2. The fourth-order valence-corrected chi connectivity index (χ4v) is 3.58. The van der Waals surface area contributed by atoms with Gasteiger partial charge in [0.25, 0.3) is 11.5 Å². The maximum atomic E-state index is 12.6. The van der Waals surface area contributed by atoms with Crippen LogP contribution in [0.5, 0.6) is 5.75 Å². The lowest BCUT2D eigenvalue weighted by molar-refractivity contribution is 0.0910. The number of nitrogens with zero attached hydrogens (tertiary/aromatic N) is 2. The van der Waals surface area contributed by atoms with E-state index < -0.39 is 11.5 Å². The third kappa shape index (κ3) is 3.84. The van der Waals surface area contributed by atoms with Crippen molar-refractivity contribution in [2.75, 3.05) is 5.32 Å². The van der Waals surface area contributed by atoms with Crippen LogP contribution in [0.4, 0.5) is 5.69 Å². The second-order valence-electron chi connectivity index (χ2n) is 8.15. The highest BCUT2D eigenvalue weighted by Crippen LogP contribution is 2.33. The minimum Gasteiger partial charge on any atom is -0.508 e. The first-order chi connectivity index (χ1) is 14.2. The lowest BCUT2D eigenvalue weighted by Crippen LogP contribution is -2.32. The van der Waals surface area contributed by atoms with Crippen molar-refractivity contribution in [1.82, 2.24) is 15.0 Å². The number of phenolic OH excluding ortho intramolecular Hbond substituents is 1. The van der Waals surface area contributed by atoms with Crippen molar-refractivity contribution in [3.05, 3.63) is 69.9 Å². The van der Waals surface area contributed by atoms with Crippen molar-refractivity contribution in [2.24, 2.45) is 5.41 Å². The Morgan fingerprint density at radius 1 is 1.13 bits per heavy atom. The Balaban J connectivity index is 1.57. The van der Waals surface area contributed by atoms with Gasteiger partial charge in [0, 0.05) is 23.2 Å². The number of aromatic nitrogens is 3. The molecular formula is C22H20N4O4. The summed E-state index contributed by atoms with van der Waals surface area (Å²) in [5.41, 5.74) is 0.957. The molecule has 8 nitrogen and oxygen atoms in total. The number of rotatable bonds is 3. The van der Waals surface area contributed by atoms with Crippen molar-refractivity contribution in [3.63, 3.8) is 0 Å². The lowest BCUT2D eigenvalue weighted by atomic mass is 9.75. The maximum Gasteiger partial charge on any atom is 0.261 e. The van der Waals surface area contributed by atoms with E-state index in [-0.39, 0.29) is 22.5 Å². The van der Waals surface area contributed by atoms with Crippen molar-refractivity contribution >= 4 is 17.4 Å². The predicted molar refractivity (Wildman–Crippen MR) is 111 cm³/mol.